The number of likely N-dealkylation sites (tertiary alicyclic amines) is 1. The van der Waals surface area contributed by atoms with Crippen LogP contribution in [-0.4, -0.2) is 76.1 Å². The lowest BCUT2D eigenvalue weighted by atomic mass is 10.0. The molecule has 2 aliphatic heterocycles. The van der Waals surface area contributed by atoms with Gasteiger partial charge in [-0.15, -0.1) is 0 Å². The fourth-order valence-corrected chi connectivity index (χ4v) is 5.13. The van der Waals surface area contributed by atoms with Crippen LogP contribution in [0.3, 0.4) is 0 Å². The Morgan fingerprint density at radius 1 is 1.03 bits per heavy atom. The second kappa shape index (κ2) is 10.1. The van der Waals surface area contributed by atoms with Crippen molar-refractivity contribution in [1.29, 1.82) is 0 Å². The molecule has 0 spiro atoms. The molecule has 4 rings (SSSR count). The van der Waals surface area contributed by atoms with Gasteiger partial charge in [-0.25, -0.2) is 9.97 Å². The molecule has 2 aromatic heterocycles. The Morgan fingerprint density at radius 2 is 1.84 bits per heavy atom. The number of imidazole rings is 1. The Labute approximate surface area is 188 Å². The molecule has 4 heterocycles. The quantitative estimate of drug-likeness (QED) is 0.756. The molecule has 2 aromatic rings. The highest BCUT2D eigenvalue weighted by Crippen LogP contribution is 2.23. The minimum Gasteiger partial charge on any atom is -0.355 e. The van der Waals surface area contributed by atoms with E-state index in [1.54, 1.807) is 0 Å². The first kappa shape index (κ1) is 22.3. The van der Waals surface area contributed by atoms with Crippen LogP contribution in [0.15, 0.2) is 18.2 Å². The maximum Gasteiger partial charge on any atom is 0.156 e. The molecule has 6 nitrogen and oxygen atoms in total. The molecule has 0 radical (unpaired) electrons. The van der Waals surface area contributed by atoms with Crippen LogP contribution < -0.4 is 4.90 Å². The minimum atomic E-state index is 0.676. The van der Waals surface area contributed by atoms with Gasteiger partial charge in [0.1, 0.15) is 11.5 Å². The number of nitrogens with one attached hydrogen (secondary N) is 1. The highest BCUT2D eigenvalue weighted by molar-refractivity contribution is 5.55. The van der Waals surface area contributed by atoms with Crippen LogP contribution in [0.5, 0.6) is 0 Å². The predicted molar refractivity (Wildman–Crippen MR) is 129 cm³/mol. The SMILES string of the molecule is CCCc1nc(-c2cccc(N3CCCN(C4CCN(C(C)C)CC4)CC3)n2)[nH]c1C. The largest absolute Gasteiger partial charge is 0.355 e. The zero-order chi connectivity index (χ0) is 21.8. The van der Waals surface area contributed by atoms with Gasteiger partial charge in [0.25, 0.3) is 0 Å². The number of hydrogen-bond acceptors (Lipinski definition) is 5. The van der Waals surface area contributed by atoms with Crippen LogP contribution in [0.2, 0.25) is 0 Å². The molecule has 0 aliphatic carbocycles. The molecule has 0 bridgehead atoms. The topological polar surface area (TPSA) is 51.3 Å². The number of piperidine rings is 1. The first-order valence-corrected chi connectivity index (χ1v) is 12.3. The number of aromatic amines is 1. The van der Waals surface area contributed by atoms with Crippen LogP contribution >= 0.6 is 0 Å². The van der Waals surface area contributed by atoms with Gasteiger partial charge >= 0.3 is 0 Å². The van der Waals surface area contributed by atoms with Gasteiger partial charge < -0.3 is 14.8 Å². The number of aryl methyl sites for hydroxylation is 2. The van der Waals surface area contributed by atoms with Crippen molar-refractivity contribution in [3.8, 4) is 11.5 Å². The molecule has 0 unspecified atom stereocenters. The number of H-pyrrole nitrogens is 1. The van der Waals surface area contributed by atoms with Crippen LogP contribution in [0.4, 0.5) is 5.82 Å². The van der Waals surface area contributed by atoms with Gasteiger partial charge in [-0.2, -0.15) is 0 Å². The normalized spacial score (nSPS) is 19.8. The summed E-state index contributed by atoms with van der Waals surface area (Å²) >= 11 is 0. The van der Waals surface area contributed by atoms with Crippen LogP contribution in [-0.2, 0) is 6.42 Å². The first-order valence-electron chi connectivity index (χ1n) is 12.3. The maximum absolute atomic E-state index is 5.00. The summed E-state index contributed by atoms with van der Waals surface area (Å²) in [6.45, 7) is 15.9. The number of nitrogens with zero attached hydrogens (tertiary/aromatic N) is 5. The van der Waals surface area contributed by atoms with Crippen molar-refractivity contribution >= 4 is 5.82 Å². The third-order valence-corrected chi connectivity index (χ3v) is 7.05. The van der Waals surface area contributed by atoms with Gasteiger partial charge in [0.2, 0.25) is 0 Å². The summed E-state index contributed by atoms with van der Waals surface area (Å²) in [5, 5.41) is 0. The molecule has 0 aromatic carbocycles. The monoisotopic (exact) mass is 424 g/mol. The average molecular weight is 425 g/mol. The standard InChI is InChI=1S/C25H40N6/c1-5-8-22-20(4)26-25(28-22)23-9-6-10-24(27-23)31-14-7-13-30(17-18-31)21-11-15-29(16-12-21)19(2)3/h6,9-10,19,21H,5,7-8,11-18H2,1-4H3,(H,26,28). The summed E-state index contributed by atoms with van der Waals surface area (Å²) in [6.07, 6.45) is 5.95. The molecular formula is C25H40N6. The van der Waals surface area contributed by atoms with Gasteiger partial charge in [0.15, 0.2) is 5.82 Å². The summed E-state index contributed by atoms with van der Waals surface area (Å²) < 4.78 is 0. The van der Waals surface area contributed by atoms with E-state index in [-0.39, 0.29) is 0 Å². The molecule has 170 valence electrons. The number of anilines is 1. The Morgan fingerprint density at radius 3 is 2.58 bits per heavy atom. The van der Waals surface area contributed by atoms with E-state index in [9.17, 15) is 0 Å². The fourth-order valence-electron chi connectivity index (χ4n) is 5.13. The zero-order valence-electron chi connectivity index (χ0n) is 19.9. The smallest absolute Gasteiger partial charge is 0.156 e. The van der Waals surface area contributed by atoms with E-state index in [1.165, 1.54) is 44.6 Å². The lowest BCUT2D eigenvalue weighted by Gasteiger charge is -2.39. The minimum absolute atomic E-state index is 0.676. The Balaban J connectivity index is 1.40. The van der Waals surface area contributed by atoms with E-state index < -0.39 is 0 Å². The van der Waals surface area contributed by atoms with E-state index in [0.29, 0.717) is 6.04 Å². The number of rotatable bonds is 6. The molecule has 0 atom stereocenters. The predicted octanol–water partition coefficient (Wildman–Crippen LogP) is 4.12. The van der Waals surface area contributed by atoms with Crippen LogP contribution in [0.25, 0.3) is 11.5 Å². The van der Waals surface area contributed by atoms with E-state index in [0.717, 1.165) is 61.5 Å². The number of aromatic nitrogens is 3. The maximum atomic E-state index is 5.00. The van der Waals surface area contributed by atoms with Crippen molar-refractivity contribution in [2.24, 2.45) is 0 Å². The summed E-state index contributed by atoms with van der Waals surface area (Å²) in [6, 6.07) is 7.78. The number of hydrogen-bond donors (Lipinski definition) is 1. The van der Waals surface area contributed by atoms with E-state index in [1.807, 2.05) is 0 Å². The summed E-state index contributed by atoms with van der Waals surface area (Å²) in [5.74, 6) is 1.98. The zero-order valence-corrected chi connectivity index (χ0v) is 19.9. The molecule has 2 fully saturated rings. The first-order chi connectivity index (χ1) is 15.0. The Bertz CT molecular complexity index is 836. The van der Waals surface area contributed by atoms with Crippen molar-refractivity contribution in [3.05, 3.63) is 29.6 Å². The van der Waals surface area contributed by atoms with Crippen molar-refractivity contribution in [2.75, 3.05) is 44.2 Å². The molecule has 2 saturated heterocycles. The lowest BCUT2D eigenvalue weighted by Crippen LogP contribution is -2.47. The van der Waals surface area contributed by atoms with Crippen LogP contribution in [0, 0.1) is 6.92 Å². The van der Waals surface area contributed by atoms with Gasteiger partial charge in [0.05, 0.1) is 5.69 Å². The molecule has 2 aliphatic rings. The third kappa shape index (κ3) is 5.29. The van der Waals surface area contributed by atoms with Crippen molar-refractivity contribution in [2.45, 2.75) is 71.9 Å². The highest BCUT2D eigenvalue weighted by atomic mass is 15.3. The third-order valence-electron chi connectivity index (χ3n) is 7.05. The second-order valence-electron chi connectivity index (χ2n) is 9.53. The van der Waals surface area contributed by atoms with Gasteiger partial charge in [-0.1, -0.05) is 19.4 Å². The van der Waals surface area contributed by atoms with Crippen molar-refractivity contribution in [1.82, 2.24) is 24.8 Å². The van der Waals surface area contributed by atoms with E-state index in [4.69, 9.17) is 9.97 Å². The van der Waals surface area contributed by atoms with E-state index in [2.05, 4.69) is 65.6 Å². The molecule has 0 amide bonds. The molecule has 1 N–H and O–H groups in total. The van der Waals surface area contributed by atoms with E-state index >= 15 is 0 Å². The summed E-state index contributed by atoms with van der Waals surface area (Å²) in [5.41, 5.74) is 3.28. The lowest BCUT2D eigenvalue weighted by molar-refractivity contribution is 0.0965. The van der Waals surface area contributed by atoms with Crippen molar-refractivity contribution in [3.63, 3.8) is 0 Å². The Kier molecular flexibility index (Phi) is 7.28. The highest BCUT2D eigenvalue weighted by Gasteiger charge is 2.27. The van der Waals surface area contributed by atoms with Gasteiger partial charge in [0, 0.05) is 44.0 Å². The van der Waals surface area contributed by atoms with Gasteiger partial charge in [-0.05, 0) is 71.7 Å². The summed E-state index contributed by atoms with van der Waals surface area (Å²) in [4.78, 5) is 21.1. The van der Waals surface area contributed by atoms with Gasteiger partial charge in [-0.3, -0.25) is 4.90 Å². The fraction of sp³-hybridized carbons (Fsp3) is 0.680. The second-order valence-corrected chi connectivity index (χ2v) is 9.53. The average Bonchev–Trinajstić information content (AvgIpc) is 2.99. The molecule has 6 heteroatoms. The van der Waals surface area contributed by atoms with Crippen LogP contribution in [0.1, 0.15) is 57.8 Å². The summed E-state index contributed by atoms with van der Waals surface area (Å²) in [7, 11) is 0. The molecule has 0 saturated carbocycles. The van der Waals surface area contributed by atoms with Crippen molar-refractivity contribution < 1.29 is 0 Å². The Hall–Kier alpha value is -1.92. The molecule has 31 heavy (non-hydrogen) atoms. The molecular weight excluding hydrogens is 384 g/mol. The number of pyridine rings is 1.